The third-order valence-corrected chi connectivity index (χ3v) is 2.46. The zero-order valence-corrected chi connectivity index (χ0v) is 10.1. The van der Waals surface area contributed by atoms with E-state index in [9.17, 15) is 18.0 Å². The Morgan fingerprint density at radius 3 is 2.33 bits per heavy atom. The highest BCUT2D eigenvalue weighted by Gasteiger charge is 2.37. The quantitative estimate of drug-likeness (QED) is 0.731. The van der Waals surface area contributed by atoms with E-state index in [-0.39, 0.29) is 13.0 Å². The second kappa shape index (κ2) is 6.42. The summed E-state index contributed by atoms with van der Waals surface area (Å²) in [7, 11) is 0. The van der Waals surface area contributed by atoms with E-state index in [4.69, 9.17) is 4.74 Å². The Balaban J connectivity index is 2.27. The van der Waals surface area contributed by atoms with Gasteiger partial charge in [-0.15, -0.1) is 0 Å². The number of carbonyl (C=O) groups excluding carboxylic acids is 1. The number of halogens is 3. The van der Waals surface area contributed by atoms with Crippen molar-refractivity contribution < 1.29 is 22.7 Å². The molecule has 0 aromatic heterocycles. The fourth-order valence-electron chi connectivity index (χ4n) is 1.39. The lowest BCUT2D eigenvalue weighted by molar-refractivity contribution is -0.171. The molecule has 0 aliphatic carbocycles. The number of rotatable bonds is 6. The van der Waals surface area contributed by atoms with Crippen LogP contribution >= 0.6 is 0 Å². The molecule has 18 heavy (non-hydrogen) atoms. The molecule has 0 bridgehead atoms. The highest BCUT2D eigenvalue weighted by molar-refractivity contribution is 5.83. The van der Waals surface area contributed by atoms with Crippen LogP contribution in [0.4, 0.5) is 13.2 Å². The molecule has 5 heteroatoms. The van der Waals surface area contributed by atoms with Crippen molar-refractivity contribution in [2.75, 3.05) is 6.61 Å². The number of hydrogen-bond donors (Lipinski definition) is 0. The smallest absolute Gasteiger partial charge is 0.449 e. The molecule has 0 unspecified atom stereocenters. The standard InChI is InChI=1S/C13H15F3O2/c1-2-10-5-7-11(8-6-10)18-9-3-4-12(17)13(14,15)16/h5-8H,2-4,9H2,1H3. The molecule has 0 spiro atoms. The van der Waals surface area contributed by atoms with Crippen LogP contribution in [-0.4, -0.2) is 18.6 Å². The number of alkyl halides is 3. The topological polar surface area (TPSA) is 26.3 Å². The number of aryl methyl sites for hydroxylation is 1. The van der Waals surface area contributed by atoms with Crippen molar-refractivity contribution in [2.45, 2.75) is 32.4 Å². The van der Waals surface area contributed by atoms with Gasteiger partial charge in [0.15, 0.2) is 0 Å². The minimum atomic E-state index is -4.73. The monoisotopic (exact) mass is 260 g/mol. The average molecular weight is 260 g/mol. The van der Waals surface area contributed by atoms with Crippen molar-refractivity contribution in [1.82, 2.24) is 0 Å². The Kier molecular flexibility index (Phi) is 5.19. The van der Waals surface area contributed by atoms with Crippen LogP contribution in [-0.2, 0) is 11.2 Å². The molecule has 1 rings (SSSR count). The van der Waals surface area contributed by atoms with E-state index < -0.39 is 18.4 Å². The minimum absolute atomic E-state index is 0.0634. The molecule has 1 aromatic rings. The van der Waals surface area contributed by atoms with Gasteiger partial charge in [-0.3, -0.25) is 4.79 Å². The van der Waals surface area contributed by atoms with Gasteiger partial charge in [-0.05, 0) is 30.5 Å². The fraction of sp³-hybridized carbons (Fsp3) is 0.462. The van der Waals surface area contributed by atoms with Gasteiger partial charge in [0, 0.05) is 6.42 Å². The largest absolute Gasteiger partial charge is 0.494 e. The lowest BCUT2D eigenvalue weighted by Gasteiger charge is -2.07. The van der Waals surface area contributed by atoms with Gasteiger partial charge in [0.2, 0.25) is 5.78 Å². The predicted octanol–water partition coefficient (Wildman–Crippen LogP) is 3.54. The lowest BCUT2D eigenvalue weighted by atomic mass is 10.2. The number of benzene rings is 1. The molecular weight excluding hydrogens is 245 g/mol. The fourth-order valence-corrected chi connectivity index (χ4v) is 1.39. The van der Waals surface area contributed by atoms with E-state index in [2.05, 4.69) is 0 Å². The molecule has 0 N–H and O–H groups in total. The van der Waals surface area contributed by atoms with E-state index in [0.29, 0.717) is 5.75 Å². The zero-order chi connectivity index (χ0) is 13.6. The highest BCUT2D eigenvalue weighted by atomic mass is 19.4. The molecule has 100 valence electrons. The molecule has 0 fully saturated rings. The van der Waals surface area contributed by atoms with Crippen molar-refractivity contribution in [2.24, 2.45) is 0 Å². The number of carbonyl (C=O) groups is 1. The SMILES string of the molecule is CCc1ccc(OCCCC(=O)C(F)(F)F)cc1. The van der Waals surface area contributed by atoms with Crippen molar-refractivity contribution in [3.63, 3.8) is 0 Å². The van der Waals surface area contributed by atoms with E-state index in [1.54, 1.807) is 12.1 Å². The van der Waals surface area contributed by atoms with Gasteiger partial charge in [0.25, 0.3) is 0 Å². The van der Waals surface area contributed by atoms with Crippen molar-refractivity contribution >= 4 is 5.78 Å². The van der Waals surface area contributed by atoms with Crippen molar-refractivity contribution in [3.05, 3.63) is 29.8 Å². The first-order chi connectivity index (χ1) is 8.43. The predicted molar refractivity (Wildman–Crippen MR) is 61.6 cm³/mol. The van der Waals surface area contributed by atoms with Crippen molar-refractivity contribution in [3.8, 4) is 5.75 Å². The van der Waals surface area contributed by atoms with Gasteiger partial charge in [-0.1, -0.05) is 19.1 Å². The van der Waals surface area contributed by atoms with Gasteiger partial charge in [-0.2, -0.15) is 13.2 Å². The number of ether oxygens (including phenoxy) is 1. The van der Waals surface area contributed by atoms with E-state index in [1.807, 2.05) is 19.1 Å². The third-order valence-electron chi connectivity index (χ3n) is 2.46. The lowest BCUT2D eigenvalue weighted by Crippen LogP contribution is -2.22. The Morgan fingerprint density at radius 2 is 1.83 bits per heavy atom. The number of Topliss-reactive ketones (excluding diaryl/α,β-unsaturated/α-hetero) is 1. The first-order valence-corrected chi connectivity index (χ1v) is 5.75. The summed E-state index contributed by atoms with van der Waals surface area (Å²) >= 11 is 0. The molecule has 0 amide bonds. The minimum Gasteiger partial charge on any atom is -0.494 e. The van der Waals surface area contributed by atoms with Crippen LogP contribution in [0.5, 0.6) is 5.75 Å². The molecule has 2 nitrogen and oxygen atoms in total. The summed E-state index contributed by atoms with van der Waals surface area (Å²) in [5, 5.41) is 0. The van der Waals surface area contributed by atoms with Crippen LogP contribution in [0.15, 0.2) is 24.3 Å². The van der Waals surface area contributed by atoms with Gasteiger partial charge < -0.3 is 4.74 Å². The molecule has 0 radical (unpaired) electrons. The number of hydrogen-bond acceptors (Lipinski definition) is 2. The Labute approximate surface area is 104 Å². The Bertz CT molecular complexity index is 382. The van der Waals surface area contributed by atoms with Crippen LogP contribution in [0.3, 0.4) is 0 Å². The Morgan fingerprint density at radius 1 is 1.22 bits per heavy atom. The first-order valence-electron chi connectivity index (χ1n) is 5.75. The average Bonchev–Trinajstić information content (AvgIpc) is 2.34. The Hall–Kier alpha value is -1.52. The van der Waals surface area contributed by atoms with Gasteiger partial charge in [-0.25, -0.2) is 0 Å². The van der Waals surface area contributed by atoms with Crippen LogP contribution < -0.4 is 4.74 Å². The van der Waals surface area contributed by atoms with Gasteiger partial charge in [0.1, 0.15) is 5.75 Å². The van der Waals surface area contributed by atoms with E-state index >= 15 is 0 Å². The molecule has 0 saturated carbocycles. The third kappa shape index (κ3) is 4.77. The van der Waals surface area contributed by atoms with Crippen LogP contribution in [0.2, 0.25) is 0 Å². The van der Waals surface area contributed by atoms with Crippen LogP contribution in [0.25, 0.3) is 0 Å². The summed E-state index contributed by atoms with van der Waals surface area (Å²) in [5.41, 5.74) is 1.16. The maximum atomic E-state index is 11.9. The molecule has 0 aliphatic rings. The van der Waals surface area contributed by atoms with E-state index in [1.165, 1.54) is 0 Å². The zero-order valence-electron chi connectivity index (χ0n) is 10.1. The molecule has 0 atom stereocenters. The van der Waals surface area contributed by atoms with E-state index in [0.717, 1.165) is 12.0 Å². The maximum absolute atomic E-state index is 11.9. The van der Waals surface area contributed by atoms with Crippen LogP contribution in [0.1, 0.15) is 25.3 Å². The van der Waals surface area contributed by atoms with Gasteiger partial charge >= 0.3 is 6.18 Å². The second-order valence-electron chi connectivity index (χ2n) is 3.87. The molecule has 1 aromatic carbocycles. The van der Waals surface area contributed by atoms with Gasteiger partial charge in [0.05, 0.1) is 6.61 Å². The molecule has 0 aliphatic heterocycles. The second-order valence-corrected chi connectivity index (χ2v) is 3.87. The van der Waals surface area contributed by atoms with Crippen molar-refractivity contribution in [1.29, 1.82) is 0 Å². The normalized spacial score (nSPS) is 11.3. The summed E-state index contributed by atoms with van der Waals surface area (Å²) in [6.07, 6.45) is -4.28. The number of ketones is 1. The first kappa shape index (κ1) is 14.5. The summed E-state index contributed by atoms with van der Waals surface area (Å²) in [5.74, 6) is -1.10. The summed E-state index contributed by atoms with van der Waals surface area (Å²) in [6, 6.07) is 7.33. The highest BCUT2D eigenvalue weighted by Crippen LogP contribution is 2.19. The van der Waals surface area contributed by atoms with Crippen LogP contribution in [0, 0.1) is 0 Å². The molecule has 0 saturated heterocycles. The molecular formula is C13H15F3O2. The molecule has 0 heterocycles. The maximum Gasteiger partial charge on any atom is 0.449 e. The summed E-state index contributed by atoms with van der Waals surface area (Å²) in [4.78, 5) is 10.6. The summed E-state index contributed by atoms with van der Waals surface area (Å²) in [6.45, 7) is 2.13. The summed E-state index contributed by atoms with van der Waals surface area (Å²) < 4.78 is 40.9.